The van der Waals surface area contributed by atoms with Crippen molar-refractivity contribution in [2.24, 2.45) is 0 Å². The molecule has 0 amide bonds. The molecule has 1 heterocycles. The van der Waals surface area contributed by atoms with Crippen molar-refractivity contribution in [3.8, 4) is 0 Å². The first-order valence-corrected chi connectivity index (χ1v) is 7.86. The summed E-state index contributed by atoms with van der Waals surface area (Å²) in [5, 5.41) is 4.74. The van der Waals surface area contributed by atoms with Crippen LogP contribution in [0.25, 0.3) is 0 Å². The zero-order chi connectivity index (χ0) is 14.4. The molecular formula is C16H23N3S. The van der Waals surface area contributed by atoms with E-state index in [0.717, 1.165) is 26.1 Å². The van der Waals surface area contributed by atoms with Gasteiger partial charge in [-0.05, 0) is 31.6 Å². The van der Waals surface area contributed by atoms with E-state index in [1.165, 1.54) is 21.0 Å². The van der Waals surface area contributed by atoms with Gasteiger partial charge in [0.05, 0.1) is 5.01 Å². The molecule has 4 heteroatoms. The molecule has 108 valence electrons. The Morgan fingerprint density at radius 3 is 2.55 bits per heavy atom. The number of benzene rings is 1. The molecule has 0 aliphatic rings. The second-order valence-corrected chi connectivity index (χ2v) is 6.38. The molecule has 0 unspecified atom stereocenters. The van der Waals surface area contributed by atoms with Gasteiger partial charge in [0.25, 0.3) is 0 Å². The molecule has 0 radical (unpaired) electrons. The topological polar surface area (TPSA) is 28.2 Å². The van der Waals surface area contributed by atoms with Gasteiger partial charge in [0.2, 0.25) is 0 Å². The summed E-state index contributed by atoms with van der Waals surface area (Å²) in [6.45, 7) is 4.93. The highest BCUT2D eigenvalue weighted by Gasteiger charge is 2.04. The molecule has 0 saturated heterocycles. The highest BCUT2D eigenvalue weighted by molar-refractivity contribution is 7.11. The van der Waals surface area contributed by atoms with Gasteiger partial charge < -0.3 is 10.2 Å². The molecule has 0 bridgehead atoms. The highest BCUT2D eigenvalue weighted by atomic mass is 32.1. The Labute approximate surface area is 125 Å². The average Bonchev–Trinajstić information content (AvgIpc) is 2.88. The van der Waals surface area contributed by atoms with Crippen molar-refractivity contribution in [1.29, 1.82) is 0 Å². The van der Waals surface area contributed by atoms with Crippen LogP contribution >= 0.6 is 11.3 Å². The van der Waals surface area contributed by atoms with E-state index in [0.29, 0.717) is 0 Å². The van der Waals surface area contributed by atoms with Crippen molar-refractivity contribution in [2.75, 3.05) is 14.1 Å². The van der Waals surface area contributed by atoms with Crippen molar-refractivity contribution in [3.05, 3.63) is 51.5 Å². The van der Waals surface area contributed by atoms with Crippen molar-refractivity contribution in [1.82, 2.24) is 15.2 Å². The number of hydrogen-bond donors (Lipinski definition) is 1. The van der Waals surface area contributed by atoms with Crippen molar-refractivity contribution in [2.45, 2.75) is 33.0 Å². The zero-order valence-corrected chi connectivity index (χ0v) is 13.3. The van der Waals surface area contributed by atoms with E-state index in [2.05, 4.69) is 60.5 Å². The summed E-state index contributed by atoms with van der Waals surface area (Å²) in [6, 6.07) is 8.63. The Morgan fingerprint density at radius 1 is 1.15 bits per heavy atom. The van der Waals surface area contributed by atoms with Crippen LogP contribution in [-0.4, -0.2) is 24.0 Å². The zero-order valence-electron chi connectivity index (χ0n) is 12.5. The molecule has 1 N–H and O–H groups in total. The second-order valence-electron chi connectivity index (χ2n) is 5.18. The molecule has 20 heavy (non-hydrogen) atoms. The fourth-order valence-electron chi connectivity index (χ4n) is 2.14. The molecule has 2 rings (SSSR count). The first kappa shape index (κ1) is 15.2. The summed E-state index contributed by atoms with van der Waals surface area (Å²) in [7, 11) is 4.21. The fourth-order valence-corrected chi connectivity index (χ4v) is 2.97. The van der Waals surface area contributed by atoms with Crippen LogP contribution in [-0.2, 0) is 26.1 Å². The minimum atomic E-state index is 0.897. The number of rotatable bonds is 7. The number of nitrogens with zero attached hydrogens (tertiary/aromatic N) is 2. The fraction of sp³-hybridized carbons (Fsp3) is 0.438. The van der Waals surface area contributed by atoms with Gasteiger partial charge in [-0.1, -0.05) is 31.2 Å². The third-order valence-corrected chi connectivity index (χ3v) is 4.27. The molecule has 0 aliphatic heterocycles. The number of nitrogens with one attached hydrogen (secondary N) is 1. The van der Waals surface area contributed by atoms with Crippen LogP contribution in [0, 0.1) is 0 Å². The number of thiazole rings is 1. The maximum atomic E-state index is 4.39. The lowest BCUT2D eigenvalue weighted by molar-refractivity contribution is 0.400. The summed E-state index contributed by atoms with van der Waals surface area (Å²) >= 11 is 1.80. The minimum absolute atomic E-state index is 0.897. The Kier molecular flexibility index (Phi) is 5.71. The van der Waals surface area contributed by atoms with Crippen LogP contribution < -0.4 is 5.32 Å². The lowest BCUT2D eigenvalue weighted by Crippen LogP contribution is -2.16. The van der Waals surface area contributed by atoms with E-state index in [1.807, 2.05) is 6.20 Å². The van der Waals surface area contributed by atoms with Gasteiger partial charge in [-0.15, -0.1) is 11.3 Å². The standard InChI is InChI=1S/C16H23N3S/c1-4-16-18-11-15(20-16)10-17-9-13-7-5-6-8-14(13)12-19(2)3/h5-8,11,17H,4,9-10,12H2,1-3H3. The summed E-state index contributed by atoms with van der Waals surface area (Å²) in [5.41, 5.74) is 2.77. The molecule has 3 nitrogen and oxygen atoms in total. The number of aromatic nitrogens is 1. The lowest BCUT2D eigenvalue weighted by Gasteiger charge is -2.14. The van der Waals surface area contributed by atoms with E-state index in [-0.39, 0.29) is 0 Å². The smallest absolute Gasteiger partial charge is 0.0925 e. The molecule has 0 atom stereocenters. The lowest BCUT2D eigenvalue weighted by atomic mass is 10.1. The van der Waals surface area contributed by atoms with Crippen LogP contribution in [0.5, 0.6) is 0 Å². The number of hydrogen-bond acceptors (Lipinski definition) is 4. The van der Waals surface area contributed by atoms with E-state index < -0.39 is 0 Å². The molecule has 1 aromatic heterocycles. The van der Waals surface area contributed by atoms with Gasteiger partial charge in [-0.2, -0.15) is 0 Å². The Balaban J connectivity index is 1.90. The van der Waals surface area contributed by atoms with E-state index in [9.17, 15) is 0 Å². The second kappa shape index (κ2) is 7.53. The molecule has 0 aliphatic carbocycles. The van der Waals surface area contributed by atoms with Gasteiger partial charge in [0.1, 0.15) is 0 Å². The molecule has 0 fully saturated rings. The summed E-state index contributed by atoms with van der Waals surface area (Å²) < 4.78 is 0. The quantitative estimate of drug-likeness (QED) is 0.849. The predicted octanol–water partition coefficient (Wildman–Crippen LogP) is 3.06. The van der Waals surface area contributed by atoms with Gasteiger partial charge >= 0.3 is 0 Å². The van der Waals surface area contributed by atoms with Crippen molar-refractivity contribution in [3.63, 3.8) is 0 Å². The molecule has 2 aromatic rings. The third kappa shape index (κ3) is 4.40. The summed E-state index contributed by atoms with van der Waals surface area (Å²) in [4.78, 5) is 7.91. The molecule has 0 saturated carbocycles. The first-order chi connectivity index (χ1) is 9.69. The molecular weight excluding hydrogens is 266 g/mol. The number of aryl methyl sites for hydroxylation is 1. The highest BCUT2D eigenvalue weighted by Crippen LogP contribution is 2.14. The Morgan fingerprint density at radius 2 is 1.90 bits per heavy atom. The van der Waals surface area contributed by atoms with Gasteiger partial charge in [-0.3, -0.25) is 0 Å². The summed E-state index contributed by atoms with van der Waals surface area (Å²) in [6.07, 6.45) is 3.01. The van der Waals surface area contributed by atoms with Crippen LogP contribution in [0.4, 0.5) is 0 Å². The van der Waals surface area contributed by atoms with Gasteiger partial charge in [-0.25, -0.2) is 4.98 Å². The SMILES string of the molecule is CCc1ncc(CNCc2ccccc2CN(C)C)s1. The molecule has 0 spiro atoms. The van der Waals surface area contributed by atoms with E-state index >= 15 is 0 Å². The van der Waals surface area contributed by atoms with E-state index in [4.69, 9.17) is 0 Å². The maximum Gasteiger partial charge on any atom is 0.0925 e. The monoisotopic (exact) mass is 289 g/mol. The Hall–Kier alpha value is -1.23. The minimum Gasteiger partial charge on any atom is -0.308 e. The van der Waals surface area contributed by atoms with E-state index in [1.54, 1.807) is 11.3 Å². The van der Waals surface area contributed by atoms with Crippen LogP contribution in [0.2, 0.25) is 0 Å². The summed E-state index contributed by atoms with van der Waals surface area (Å²) in [5.74, 6) is 0. The van der Waals surface area contributed by atoms with Crippen LogP contribution in [0.15, 0.2) is 30.5 Å². The largest absolute Gasteiger partial charge is 0.308 e. The van der Waals surface area contributed by atoms with Gasteiger partial charge in [0, 0.05) is 30.7 Å². The van der Waals surface area contributed by atoms with Crippen molar-refractivity contribution < 1.29 is 0 Å². The maximum absolute atomic E-state index is 4.39. The van der Waals surface area contributed by atoms with Crippen LogP contribution in [0.3, 0.4) is 0 Å². The third-order valence-electron chi connectivity index (χ3n) is 3.12. The predicted molar refractivity (Wildman–Crippen MR) is 85.9 cm³/mol. The van der Waals surface area contributed by atoms with Crippen molar-refractivity contribution >= 4 is 11.3 Å². The normalized spacial score (nSPS) is 11.2. The van der Waals surface area contributed by atoms with Gasteiger partial charge in [0.15, 0.2) is 0 Å². The first-order valence-electron chi connectivity index (χ1n) is 7.05. The average molecular weight is 289 g/mol. The van der Waals surface area contributed by atoms with Crippen LogP contribution in [0.1, 0.15) is 27.9 Å². The molecule has 1 aromatic carbocycles. The Bertz CT molecular complexity index is 534.